The number of aliphatic carboxylic acids is 2. The van der Waals surface area contributed by atoms with E-state index in [2.05, 4.69) is 0 Å². The summed E-state index contributed by atoms with van der Waals surface area (Å²) in [6.45, 7) is 1.31. The number of hydrogen-bond donors (Lipinski definition) is 3. The summed E-state index contributed by atoms with van der Waals surface area (Å²) in [7, 11) is 0. The van der Waals surface area contributed by atoms with Crippen LogP contribution in [0.4, 0.5) is 13.2 Å². The van der Waals surface area contributed by atoms with Crippen molar-refractivity contribution in [2.75, 3.05) is 19.8 Å². The molecule has 11 heteroatoms. The van der Waals surface area contributed by atoms with Gasteiger partial charge in [0.1, 0.15) is 0 Å². The van der Waals surface area contributed by atoms with Crippen molar-refractivity contribution in [2.24, 2.45) is 5.73 Å². The number of halogens is 3. The maximum absolute atomic E-state index is 11.6. The van der Waals surface area contributed by atoms with Crippen molar-refractivity contribution in [3.05, 3.63) is 29.8 Å². The molecule has 0 bridgehead atoms. The van der Waals surface area contributed by atoms with Gasteiger partial charge < -0.3 is 20.7 Å². The second-order valence-corrected chi connectivity index (χ2v) is 6.10. The minimum atomic E-state index is -5.08. The molecule has 0 aromatic heterocycles. The van der Waals surface area contributed by atoms with E-state index < -0.39 is 18.1 Å². The monoisotopic (exact) mass is 411 g/mol. The van der Waals surface area contributed by atoms with Gasteiger partial charge in [-0.25, -0.2) is 4.79 Å². The lowest BCUT2D eigenvalue weighted by Crippen LogP contribution is -2.21. The summed E-state index contributed by atoms with van der Waals surface area (Å²) in [4.78, 5) is 31.9. The molecule has 1 rings (SSSR count). The average Bonchev–Trinajstić information content (AvgIpc) is 2.58. The van der Waals surface area contributed by atoms with E-state index in [-0.39, 0.29) is 11.5 Å². The summed E-state index contributed by atoms with van der Waals surface area (Å²) in [5.41, 5.74) is 6.23. The Bertz CT molecular complexity index is 607. The molecule has 1 aromatic carbocycles. The van der Waals surface area contributed by atoms with Crippen LogP contribution in [0.1, 0.15) is 18.4 Å². The number of thioether (sulfide) groups is 1. The van der Waals surface area contributed by atoms with Gasteiger partial charge in [0.05, 0.1) is 13.2 Å². The Morgan fingerprint density at radius 2 is 1.59 bits per heavy atom. The second kappa shape index (κ2) is 13.1. The zero-order chi connectivity index (χ0) is 20.9. The summed E-state index contributed by atoms with van der Waals surface area (Å²) >= 11 is 1.17. The number of benzene rings is 1. The van der Waals surface area contributed by atoms with Crippen LogP contribution in [-0.2, 0) is 25.5 Å². The van der Waals surface area contributed by atoms with Gasteiger partial charge in [0.15, 0.2) is 5.12 Å². The van der Waals surface area contributed by atoms with Gasteiger partial charge in [-0.15, -0.1) is 0 Å². The lowest BCUT2D eigenvalue weighted by Gasteiger charge is -2.04. The minimum absolute atomic E-state index is 0.0420. The lowest BCUT2D eigenvalue weighted by atomic mass is 10.1. The van der Waals surface area contributed by atoms with Crippen LogP contribution in [0.2, 0.25) is 0 Å². The molecule has 0 amide bonds. The van der Waals surface area contributed by atoms with Gasteiger partial charge in [-0.1, -0.05) is 23.9 Å². The predicted molar refractivity (Wildman–Crippen MR) is 91.4 cm³/mol. The molecular weight excluding hydrogens is 391 g/mol. The number of rotatable bonds is 9. The summed E-state index contributed by atoms with van der Waals surface area (Å²) in [5.74, 6) is -3.57. The maximum Gasteiger partial charge on any atom is 0.490 e. The van der Waals surface area contributed by atoms with Gasteiger partial charge in [0.25, 0.3) is 0 Å². The predicted octanol–water partition coefficient (Wildman–Crippen LogP) is 2.32. The van der Waals surface area contributed by atoms with E-state index in [4.69, 9.17) is 25.5 Å². The van der Waals surface area contributed by atoms with Gasteiger partial charge in [0.2, 0.25) is 0 Å². The van der Waals surface area contributed by atoms with Gasteiger partial charge in [-0.05, 0) is 24.1 Å². The molecule has 27 heavy (non-hydrogen) atoms. The Hall–Kier alpha value is -2.11. The normalized spacial score (nSPS) is 10.7. The van der Waals surface area contributed by atoms with Crippen LogP contribution in [-0.4, -0.2) is 53.2 Å². The van der Waals surface area contributed by atoms with Gasteiger partial charge in [-0.2, -0.15) is 13.2 Å². The molecule has 0 saturated carbocycles. The van der Waals surface area contributed by atoms with Crippen LogP contribution < -0.4 is 5.73 Å². The van der Waals surface area contributed by atoms with E-state index in [0.29, 0.717) is 32.6 Å². The average molecular weight is 411 g/mol. The van der Waals surface area contributed by atoms with E-state index in [0.717, 1.165) is 10.5 Å². The van der Waals surface area contributed by atoms with E-state index in [1.165, 1.54) is 11.8 Å². The third-order valence-electron chi connectivity index (χ3n) is 2.74. The highest BCUT2D eigenvalue weighted by Gasteiger charge is 2.38. The fraction of sp³-hybridized carbons (Fsp3) is 0.438. The van der Waals surface area contributed by atoms with E-state index in [1.54, 1.807) is 0 Å². The molecule has 1 aromatic rings. The van der Waals surface area contributed by atoms with Crippen LogP contribution in [0.25, 0.3) is 0 Å². The molecule has 0 aliphatic carbocycles. The number of hydrogen-bond acceptors (Lipinski definition) is 6. The standard InChI is InChI=1S/C14H19NO4S.C2HF3O2/c15-8-10-19-9-7-14(18)20-12-4-1-11(2-5-12)3-6-13(16)17;3-2(4,5)1(6)7/h1-2,4-5H,3,6-10,15H2,(H,16,17);(H,6,7). The van der Waals surface area contributed by atoms with Crippen molar-refractivity contribution in [1.82, 2.24) is 0 Å². The minimum Gasteiger partial charge on any atom is -0.481 e. The van der Waals surface area contributed by atoms with Crippen molar-refractivity contribution in [2.45, 2.75) is 30.3 Å². The molecule has 0 radical (unpaired) electrons. The van der Waals surface area contributed by atoms with Crippen molar-refractivity contribution in [3.8, 4) is 0 Å². The Kier molecular flexibility index (Phi) is 12.1. The first-order chi connectivity index (χ1) is 12.6. The first kappa shape index (κ1) is 24.9. The molecule has 0 atom stereocenters. The van der Waals surface area contributed by atoms with Gasteiger partial charge in [0, 0.05) is 24.3 Å². The molecule has 0 aliphatic heterocycles. The topological polar surface area (TPSA) is 127 Å². The molecule has 0 heterocycles. The van der Waals surface area contributed by atoms with Crippen LogP contribution >= 0.6 is 11.8 Å². The number of carboxylic acid groups (broad SMARTS) is 2. The molecule has 152 valence electrons. The van der Waals surface area contributed by atoms with Crippen LogP contribution in [0.5, 0.6) is 0 Å². The summed E-state index contributed by atoms with van der Waals surface area (Å²) in [5, 5.41) is 15.8. The van der Waals surface area contributed by atoms with E-state index in [1.807, 2.05) is 24.3 Å². The number of carboxylic acids is 2. The van der Waals surface area contributed by atoms with Crippen LogP contribution in [0, 0.1) is 0 Å². The lowest BCUT2D eigenvalue weighted by molar-refractivity contribution is -0.192. The summed E-state index contributed by atoms with van der Waals surface area (Å²) < 4.78 is 36.9. The largest absolute Gasteiger partial charge is 0.490 e. The summed E-state index contributed by atoms with van der Waals surface area (Å²) in [6, 6.07) is 7.37. The number of carbonyl (C=O) groups is 3. The molecule has 0 fully saturated rings. The van der Waals surface area contributed by atoms with Crippen molar-refractivity contribution in [3.63, 3.8) is 0 Å². The van der Waals surface area contributed by atoms with Crippen LogP contribution in [0.15, 0.2) is 29.2 Å². The van der Waals surface area contributed by atoms with Crippen LogP contribution in [0.3, 0.4) is 0 Å². The highest BCUT2D eigenvalue weighted by molar-refractivity contribution is 8.13. The highest BCUT2D eigenvalue weighted by Crippen LogP contribution is 2.21. The number of carbonyl (C=O) groups excluding carboxylic acids is 1. The Labute approximate surface area is 157 Å². The quantitative estimate of drug-likeness (QED) is 0.417. The number of alkyl halides is 3. The van der Waals surface area contributed by atoms with E-state index >= 15 is 0 Å². The van der Waals surface area contributed by atoms with Crippen molar-refractivity contribution >= 4 is 28.8 Å². The molecule has 0 unspecified atom stereocenters. The van der Waals surface area contributed by atoms with E-state index in [9.17, 15) is 22.8 Å². The number of ether oxygens (including phenoxy) is 1. The van der Waals surface area contributed by atoms with Gasteiger partial charge >= 0.3 is 18.1 Å². The molecule has 0 spiro atoms. The molecule has 7 nitrogen and oxygen atoms in total. The fourth-order valence-electron chi connectivity index (χ4n) is 1.50. The molecular formula is C16H20F3NO6S. The third-order valence-corrected chi connectivity index (χ3v) is 3.68. The SMILES string of the molecule is NCCOCCC(=O)Sc1ccc(CCC(=O)O)cc1.O=C(O)C(F)(F)F. The number of aryl methyl sites for hydroxylation is 1. The third kappa shape index (κ3) is 13.7. The second-order valence-electron chi connectivity index (χ2n) is 4.97. The zero-order valence-corrected chi connectivity index (χ0v) is 15.0. The first-order valence-corrected chi connectivity index (χ1v) is 8.47. The van der Waals surface area contributed by atoms with Crippen molar-refractivity contribution in [1.29, 1.82) is 0 Å². The maximum atomic E-state index is 11.6. The molecule has 0 saturated heterocycles. The smallest absolute Gasteiger partial charge is 0.481 e. The number of nitrogens with two attached hydrogens (primary N) is 1. The Balaban J connectivity index is 0.000000821. The molecule has 0 aliphatic rings. The Morgan fingerprint density at radius 1 is 1.04 bits per heavy atom. The van der Waals surface area contributed by atoms with Crippen molar-refractivity contribution < 1.29 is 42.5 Å². The summed E-state index contributed by atoms with van der Waals surface area (Å²) in [6.07, 6.45) is -4.11. The zero-order valence-electron chi connectivity index (χ0n) is 14.2. The Morgan fingerprint density at radius 3 is 2.04 bits per heavy atom. The van der Waals surface area contributed by atoms with Gasteiger partial charge in [-0.3, -0.25) is 9.59 Å². The first-order valence-electron chi connectivity index (χ1n) is 7.65. The highest BCUT2D eigenvalue weighted by atomic mass is 32.2. The fourth-order valence-corrected chi connectivity index (χ4v) is 2.22. The molecule has 4 N–H and O–H groups in total.